The Hall–Kier alpha value is -2.67. The van der Waals surface area contributed by atoms with Crippen molar-refractivity contribution in [1.82, 2.24) is 15.5 Å². The third kappa shape index (κ3) is 4.11. The summed E-state index contributed by atoms with van der Waals surface area (Å²) >= 11 is 3.31. The maximum atomic E-state index is 12.3. The predicted octanol–water partition coefficient (Wildman–Crippen LogP) is 2.93. The van der Waals surface area contributed by atoms with E-state index in [-0.39, 0.29) is 24.4 Å². The summed E-state index contributed by atoms with van der Waals surface area (Å²) in [6, 6.07) is 14.4. The second kappa shape index (κ2) is 8.14. The first-order chi connectivity index (χ1) is 12.6. The molecule has 4 amide bonds. The number of imide groups is 1. The lowest BCUT2D eigenvalue weighted by molar-refractivity contribution is 0.0653. The fraction of sp³-hybridized carbons (Fsp3) is 0.211. The molecule has 26 heavy (non-hydrogen) atoms. The number of benzene rings is 2. The van der Waals surface area contributed by atoms with E-state index in [1.165, 1.54) is 4.90 Å². The smallest absolute Gasteiger partial charge is 0.315 e. The van der Waals surface area contributed by atoms with E-state index < -0.39 is 0 Å². The van der Waals surface area contributed by atoms with E-state index in [2.05, 4.69) is 26.6 Å². The Labute approximate surface area is 159 Å². The molecule has 0 saturated carbocycles. The number of rotatable bonds is 6. The molecule has 2 N–H and O–H groups in total. The minimum absolute atomic E-state index is 0.267. The first-order valence-corrected chi connectivity index (χ1v) is 9.07. The summed E-state index contributed by atoms with van der Waals surface area (Å²) in [5, 5.41) is 5.49. The topological polar surface area (TPSA) is 78.5 Å². The monoisotopic (exact) mass is 415 g/mol. The normalized spacial score (nSPS) is 12.9. The van der Waals surface area contributed by atoms with E-state index in [1.807, 2.05) is 30.3 Å². The lowest BCUT2D eigenvalue weighted by atomic mass is 10.1. The van der Waals surface area contributed by atoms with Crippen LogP contribution in [-0.4, -0.2) is 35.8 Å². The van der Waals surface area contributed by atoms with Gasteiger partial charge in [-0.15, -0.1) is 0 Å². The first-order valence-electron chi connectivity index (χ1n) is 8.27. The molecule has 0 atom stereocenters. The highest BCUT2D eigenvalue weighted by molar-refractivity contribution is 9.10. The molecule has 0 unspecified atom stereocenters. The molecule has 2 aromatic carbocycles. The maximum Gasteiger partial charge on any atom is 0.315 e. The van der Waals surface area contributed by atoms with Gasteiger partial charge < -0.3 is 10.6 Å². The number of hydrogen-bond acceptors (Lipinski definition) is 3. The average Bonchev–Trinajstić information content (AvgIpc) is 2.88. The number of hydrogen-bond donors (Lipinski definition) is 2. The van der Waals surface area contributed by atoms with Crippen molar-refractivity contribution in [2.75, 3.05) is 13.1 Å². The van der Waals surface area contributed by atoms with Gasteiger partial charge in [0, 0.05) is 24.1 Å². The van der Waals surface area contributed by atoms with E-state index in [0.29, 0.717) is 30.6 Å². The molecule has 0 aromatic heterocycles. The summed E-state index contributed by atoms with van der Waals surface area (Å²) in [5.41, 5.74) is 1.85. The van der Waals surface area contributed by atoms with Crippen LogP contribution in [0.15, 0.2) is 53.0 Å². The number of urea groups is 1. The van der Waals surface area contributed by atoms with Crippen molar-refractivity contribution in [2.45, 2.75) is 13.0 Å². The molecule has 134 valence electrons. The first kappa shape index (κ1) is 18.1. The van der Waals surface area contributed by atoms with E-state index in [4.69, 9.17) is 0 Å². The Kier molecular flexibility index (Phi) is 5.68. The molecule has 7 heteroatoms. The van der Waals surface area contributed by atoms with E-state index in [0.717, 1.165) is 10.0 Å². The minimum Gasteiger partial charge on any atom is -0.338 e. The lowest BCUT2D eigenvalue weighted by Crippen LogP contribution is -2.37. The molecule has 1 aliphatic rings. The van der Waals surface area contributed by atoms with Gasteiger partial charge >= 0.3 is 6.03 Å². The molecule has 1 aliphatic heterocycles. The Balaban J connectivity index is 1.42. The van der Waals surface area contributed by atoms with Crippen molar-refractivity contribution in [2.24, 2.45) is 0 Å². The van der Waals surface area contributed by atoms with Crippen molar-refractivity contribution in [3.8, 4) is 0 Å². The maximum absolute atomic E-state index is 12.3. The molecular formula is C19H18BrN3O3. The molecule has 0 fully saturated rings. The van der Waals surface area contributed by atoms with Crippen LogP contribution < -0.4 is 10.6 Å². The second-order valence-electron chi connectivity index (χ2n) is 5.90. The molecule has 0 saturated heterocycles. The van der Waals surface area contributed by atoms with Crippen LogP contribution in [-0.2, 0) is 6.54 Å². The van der Waals surface area contributed by atoms with Crippen molar-refractivity contribution in [1.29, 1.82) is 0 Å². The summed E-state index contributed by atoms with van der Waals surface area (Å²) in [4.78, 5) is 37.6. The number of carbonyl (C=O) groups excluding carboxylic acids is 3. The molecule has 3 rings (SSSR count). The zero-order valence-corrected chi connectivity index (χ0v) is 15.6. The van der Waals surface area contributed by atoms with Gasteiger partial charge in [-0.25, -0.2) is 4.79 Å². The Morgan fingerprint density at radius 2 is 1.69 bits per heavy atom. The van der Waals surface area contributed by atoms with Crippen LogP contribution in [0.4, 0.5) is 4.79 Å². The van der Waals surface area contributed by atoms with Gasteiger partial charge in [-0.3, -0.25) is 14.5 Å². The van der Waals surface area contributed by atoms with Crippen LogP contribution >= 0.6 is 15.9 Å². The van der Waals surface area contributed by atoms with Crippen molar-refractivity contribution < 1.29 is 14.4 Å². The van der Waals surface area contributed by atoms with E-state index >= 15 is 0 Å². The van der Waals surface area contributed by atoms with Crippen LogP contribution in [0.1, 0.15) is 32.7 Å². The van der Waals surface area contributed by atoms with Gasteiger partial charge in [0.15, 0.2) is 0 Å². The van der Waals surface area contributed by atoms with Crippen LogP contribution in [0.25, 0.3) is 0 Å². The van der Waals surface area contributed by atoms with Crippen molar-refractivity contribution in [3.63, 3.8) is 0 Å². The highest BCUT2D eigenvalue weighted by Crippen LogP contribution is 2.25. The summed E-state index contributed by atoms with van der Waals surface area (Å²) in [5.74, 6) is -0.578. The van der Waals surface area contributed by atoms with Gasteiger partial charge in [-0.1, -0.05) is 46.3 Å². The number of fused-ring (bicyclic) bond motifs is 1. The summed E-state index contributed by atoms with van der Waals surface area (Å²) in [7, 11) is 0. The molecular weight excluding hydrogens is 398 g/mol. The molecule has 6 nitrogen and oxygen atoms in total. The minimum atomic E-state index is -0.292. The highest BCUT2D eigenvalue weighted by atomic mass is 79.9. The number of amides is 4. The number of nitrogens with one attached hydrogen (secondary N) is 2. The Bertz CT molecular complexity index is 839. The standard InChI is InChI=1S/C19H18BrN3O3/c20-14-7-8-15-16(11-14)18(25)23(17(15)24)10-4-9-21-19(26)22-12-13-5-2-1-3-6-13/h1-3,5-8,11H,4,9-10,12H2,(H2,21,22,26). The molecule has 0 bridgehead atoms. The van der Waals surface area contributed by atoms with Gasteiger partial charge in [0.05, 0.1) is 11.1 Å². The van der Waals surface area contributed by atoms with Crippen molar-refractivity contribution in [3.05, 3.63) is 69.7 Å². The van der Waals surface area contributed by atoms with Gasteiger partial charge in [-0.05, 0) is 30.2 Å². The van der Waals surface area contributed by atoms with Gasteiger partial charge in [0.1, 0.15) is 0 Å². The van der Waals surface area contributed by atoms with Crippen LogP contribution in [0, 0.1) is 0 Å². The Morgan fingerprint density at radius 3 is 2.46 bits per heavy atom. The number of halogens is 1. The van der Waals surface area contributed by atoms with Gasteiger partial charge in [-0.2, -0.15) is 0 Å². The third-order valence-corrected chi connectivity index (χ3v) is 4.57. The van der Waals surface area contributed by atoms with E-state index in [1.54, 1.807) is 18.2 Å². The summed E-state index contributed by atoms with van der Waals surface area (Å²) in [6.45, 7) is 1.08. The quantitative estimate of drug-likeness (QED) is 0.562. The van der Waals surface area contributed by atoms with E-state index in [9.17, 15) is 14.4 Å². The lowest BCUT2D eigenvalue weighted by Gasteiger charge is -2.14. The molecule has 0 radical (unpaired) electrons. The fourth-order valence-electron chi connectivity index (χ4n) is 2.75. The largest absolute Gasteiger partial charge is 0.338 e. The predicted molar refractivity (Wildman–Crippen MR) is 101 cm³/mol. The number of carbonyl (C=O) groups is 3. The average molecular weight is 416 g/mol. The zero-order chi connectivity index (χ0) is 18.5. The molecule has 0 aliphatic carbocycles. The third-order valence-electron chi connectivity index (χ3n) is 4.07. The molecule has 2 aromatic rings. The molecule has 1 heterocycles. The van der Waals surface area contributed by atoms with Crippen LogP contribution in [0.3, 0.4) is 0 Å². The SMILES string of the molecule is O=C(NCCCN1C(=O)c2ccc(Br)cc2C1=O)NCc1ccccc1. The summed E-state index contributed by atoms with van der Waals surface area (Å²) < 4.78 is 0.760. The highest BCUT2D eigenvalue weighted by Gasteiger charge is 2.34. The second-order valence-corrected chi connectivity index (χ2v) is 6.82. The van der Waals surface area contributed by atoms with Crippen LogP contribution in [0.5, 0.6) is 0 Å². The van der Waals surface area contributed by atoms with Crippen molar-refractivity contribution >= 4 is 33.8 Å². The number of nitrogens with zero attached hydrogens (tertiary/aromatic N) is 1. The summed E-state index contributed by atoms with van der Waals surface area (Å²) in [6.07, 6.45) is 0.491. The van der Waals surface area contributed by atoms with Crippen LogP contribution in [0.2, 0.25) is 0 Å². The molecule has 0 spiro atoms. The zero-order valence-electron chi connectivity index (χ0n) is 14.0. The fourth-order valence-corrected chi connectivity index (χ4v) is 3.11. The van der Waals surface area contributed by atoms with Gasteiger partial charge in [0.2, 0.25) is 0 Å². The Morgan fingerprint density at radius 1 is 0.962 bits per heavy atom. The van der Waals surface area contributed by atoms with Gasteiger partial charge in [0.25, 0.3) is 11.8 Å².